The van der Waals surface area contributed by atoms with E-state index in [9.17, 15) is 14.7 Å². The molecule has 0 aliphatic carbocycles. The molecule has 2 fully saturated rings. The summed E-state index contributed by atoms with van der Waals surface area (Å²) < 4.78 is 11.1. The largest absolute Gasteiger partial charge is 0.481 e. The molecule has 2 aliphatic heterocycles. The number of amides is 1. The summed E-state index contributed by atoms with van der Waals surface area (Å²) >= 11 is 0. The molecule has 1 aromatic carbocycles. The Hall–Kier alpha value is -2.80. The average Bonchev–Trinajstić information content (AvgIpc) is 3.28. The Morgan fingerprint density at radius 3 is 2.62 bits per heavy atom. The van der Waals surface area contributed by atoms with Gasteiger partial charge in [0.15, 0.2) is 5.76 Å². The summed E-state index contributed by atoms with van der Waals surface area (Å²) in [6.45, 7) is 1.75. The number of rotatable bonds is 4. The highest BCUT2D eigenvalue weighted by Gasteiger charge is 2.58. The number of ether oxygens (including phenoxy) is 1. The van der Waals surface area contributed by atoms with Crippen LogP contribution in [-0.4, -0.2) is 60.0 Å². The topological polar surface area (TPSA) is 83.2 Å². The van der Waals surface area contributed by atoms with Crippen LogP contribution in [0.1, 0.15) is 10.6 Å². The number of carbonyl (C=O) groups excluding carboxylic acids is 1. The van der Waals surface area contributed by atoms with Crippen molar-refractivity contribution in [1.82, 2.24) is 9.80 Å². The normalized spacial score (nSPS) is 25.3. The summed E-state index contributed by atoms with van der Waals surface area (Å²) in [5.74, 6) is -0.204. The standard InChI is InChI=1S/C19H20N2O5/c1-20-9-13-10-21(12-19(13,11-20)18(23)24)17(22)15-7-8-16(26-15)25-14-5-3-2-4-6-14/h2-8,13H,9-12H2,1H3,(H,23,24)/t13-,19-/m0/s1. The Morgan fingerprint density at radius 1 is 1.15 bits per heavy atom. The number of hydrogen-bond acceptors (Lipinski definition) is 5. The molecule has 0 spiro atoms. The van der Waals surface area contributed by atoms with Gasteiger partial charge in [0.05, 0.1) is 0 Å². The predicted octanol–water partition coefficient (Wildman–Crippen LogP) is 2.16. The summed E-state index contributed by atoms with van der Waals surface area (Å²) in [5, 5.41) is 9.72. The monoisotopic (exact) mass is 356 g/mol. The van der Waals surface area contributed by atoms with Crippen LogP contribution >= 0.6 is 0 Å². The maximum atomic E-state index is 12.8. The minimum Gasteiger partial charge on any atom is -0.481 e. The number of carbonyl (C=O) groups is 2. The van der Waals surface area contributed by atoms with Crippen LogP contribution in [0.5, 0.6) is 11.7 Å². The van der Waals surface area contributed by atoms with Crippen molar-refractivity contribution in [3.05, 3.63) is 48.2 Å². The molecule has 2 aromatic rings. The molecule has 7 nitrogen and oxygen atoms in total. The fraction of sp³-hybridized carbons (Fsp3) is 0.368. The molecular weight excluding hydrogens is 336 g/mol. The summed E-state index contributed by atoms with van der Waals surface area (Å²) in [4.78, 5) is 28.2. The van der Waals surface area contributed by atoms with Crippen LogP contribution in [0.3, 0.4) is 0 Å². The second kappa shape index (κ2) is 6.17. The number of likely N-dealkylation sites (tertiary alicyclic amines) is 2. The highest BCUT2D eigenvalue weighted by Crippen LogP contribution is 2.42. The molecule has 1 N–H and O–H groups in total. The van der Waals surface area contributed by atoms with Crippen molar-refractivity contribution in [2.45, 2.75) is 0 Å². The molecule has 0 saturated carbocycles. The summed E-state index contributed by atoms with van der Waals surface area (Å²) in [6, 6.07) is 12.3. The molecular formula is C19H20N2O5. The molecule has 2 aliphatic rings. The molecule has 7 heteroatoms. The van der Waals surface area contributed by atoms with Crippen LogP contribution in [0.4, 0.5) is 0 Å². The lowest BCUT2D eigenvalue weighted by Crippen LogP contribution is -2.41. The zero-order valence-electron chi connectivity index (χ0n) is 14.4. The first kappa shape index (κ1) is 16.7. The lowest BCUT2D eigenvalue weighted by Gasteiger charge is -2.23. The number of para-hydroxylation sites is 1. The molecule has 3 heterocycles. The minimum atomic E-state index is -0.889. The molecule has 136 valence electrons. The van der Waals surface area contributed by atoms with E-state index < -0.39 is 11.4 Å². The van der Waals surface area contributed by atoms with E-state index in [1.165, 1.54) is 0 Å². The Morgan fingerprint density at radius 2 is 1.92 bits per heavy atom. The number of carboxylic acid groups (broad SMARTS) is 1. The number of hydrogen-bond donors (Lipinski definition) is 1. The first-order valence-corrected chi connectivity index (χ1v) is 8.52. The van der Waals surface area contributed by atoms with E-state index in [1.54, 1.807) is 29.2 Å². The van der Waals surface area contributed by atoms with Gasteiger partial charge in [-0.25, -0.2) is 0 Å². The van der Waals surface area contributed by atoms with Gasteiger partial charge in [-0.2, -0.15) is 0 Å². The molecule has 4 rings (SSSR count). The number of carboxylic acids is 1. The Kier molecular flexibility index (Phi) is 3.96. The van der Waals surface area contributed by atoms with Crippen molar-refractivity contribution in [2.24, 2.45) is 11.3 Å². The van der Waals surface area contributed by atoms with Crippen molar-refractivity contribution in [1.29, 1.82) is 0 Å². The number of nitrogens with zero attached hydrogens (tertiary/aromatic N) is 2. The van der Waals surface area contributed by atoms with Gasteiger partial charge in [0.25, 0.3) is 11.9 Å². The van der Waals surface area contributed by atoms with Crippen LogP contribution < -0.4 is 4.74 Å². The molecule has 1 amide bonds. The maximum Gasteiger partial charge on any atom is 0.313 e. The van der Waals surface area contributed by atoms with E-state index in [-0.39, 0.29) is 30.1 Å². The molecule has 1 aromatic heterocycles. The van der Waals surface area contributed by atoms with Crippen LogP contribution in [0.25, 0.3) is 0 Å². The van der Waals surface area contributed by atoms with Crippen molar-refractivity contribution in [2.75, 3.05) is 33.2 Å². The van der Waals surface area contributed by atoms with Crippen LogP contribution in [0.15, 0.2) is 46.9 Å². The van der Waals surface area contributed by atoms with Gasteiger partial charge in [-0.05, 0) is 25.2 Å². The molecule has 2 saturated heterocycles. The molecule has 2 atom stereocenters. The van der Waals surface area contributed by atoms with Gasteiger partial charge in [0, 0.05) is 38.2 Å². The fourth-order valence-corrected chi connectivity index (χ4v) is 4.02. The average molecular weight is 356 g/mol. The van der Waals surface area contributed by atoms with Gasteiger partial charge in [0.1, 0.15) is 11.2 Å². The molecule has 26 heavy (non-hydrogen) atoms. The van der Waals surface area contributed by atoms with Gasteiger partial charge in [-0.3, -0.25) is 9.59 Å². The number of fused-ring (bicyclic) bond motifs is 1. The van der Waals surface area contributed by atoms with Crippen molar-refractivity contribution in [3.8, 4) is 11.7 Å². The third kappa shape index (κ3) is 2.74. The van der Waals surface area contributed by atoms with Gasteiger partial charge >= 0.3 is 5.97 Å². The minimum absolute atomic E-state index is 0.0658. The highest BCUT2D eigenvalue weighted by molar-refractivity contribution is 5.93. The van der Waals surface area contributed by atoms with E-state index in [4.69, 9.17) is 9.15 Å². The summed E-state index contributed by atoms with van der Waals surface area (Å²) in [7, 11) is 1.91. The maximum absolute atomic E-state index is 12.8. The smallest absolute Gasteiger partial charge is 0.313 e. The van der Waals surface area contributed by atoms with Gasteiger partial charge < -0.3 is 24.1 Å². The van der Waals surface area contributed by atoms with E-state index >= 15 is 0 Å². The first-order chi connectivity index (χ1) is 12.5. The van der Waals surface area contributed by atoms with Crippen molar-refractivity contribution >= 4 is 11.9 Å². The van der Waals surface area contributed by atoms with E-state index in [0.29, 0.717) is 25.4 Å². The molecule has 0 radical (unpaired) electrons. The lowest BCUT2D eigenvalue weighted by molar-refractivity contribution is -0.148. The Balaban J connectivity index is 1.48. The summed E-state index contributed by atoms with van der Waals surface area (Å²) in [6.07, 6.45) is 0. The zero-order chi connectivity index (χ0) is 18.3. The van der Waals surface area contributed by atoms with Crippen molar-refractivity contribution in [3.63, 3.8) is 0 Å². The zero-order valence-corrected chi connectivity index (χ0v) is 14.4. The molecule has 0 bridgehead atoms. The van der Waals surface area contributed by atoms with Gasteiger partial charge in [-0.15, -0.1) is 0 Å². The number of benzene rings is 1. The first-order valence-electron chi connectivity index (χ1n) is 8.52. The van der Waals surface area contributed by atoms with E-state index in [2.05, 4.69) is 0 Å². The second-order valence-corrected chi connectivity index (χ2v) is 7.07. The Labute approximate surface area is 150 Å². The quantitative estimate of drug-likeness (QED) is 0.904. The van der Waals surface area contributed by atoms with Crippen molar-refractivity contribution < 1.29 is 23.8 Å². The fourth-order valence-electron chi connectivity index (χ4n) is 4.02. The van der Waals surface area contributed by atoms with E-state index in [1.807, 2.05) is 30.1 Å². The summed E-state index contributed by atoms with van der Waals surface area (Å²) in [5.41, 5.74) is -0.889. The highest BCUT2D eigenvalue weighted by atomic mass is 16.6. The molecule has 0 unspecified atom stereocenters. The van der Waals surface area contributed by atoms with Crippen LogP contribution in [-0.2, 0) is 4.79 Å². The number of furan rings is 1. The lowest BCUT2D eigenvalue weighted by atomic mass is 9.81. The second-order valence-electron chi connectivity index (χ2n) is 7.07. The van der Waals surface area contributed by atoms with Gasteiger partial charge in [0.2, 0.25) is 0 Å². The third-order valence-corrected chi connectivity index (χ3v) is 5.25. The predicted molar refractivity (Wildman–Crippen MR) is 92.2 cm³/mol. The SMILES string of the molecule is CN1C[C@H]2CN(C(=O)c3ccc(Oc4ccccc4)o3)C[C@@]2(C(=O)O)C1. The van der Waals surface area contributed by atoms with Crippen LogP contribution in [0, 0.1) is 11.3 Å². The van der Waals surface area contributed by atoms with Gasteiger partial charge in [-0.1, -0.05) is 18.2 Å². The number of aliphatic carboxylic acids is 1. The Bertz CT molecular complexity index is 833. The van der Waals surface area contributed by atoms with Crippen LogP contribution in [0.2, 0.25) is 0 Å². The third-order valence-electron chi connectivity index (χ3n) is 5.25. The van der Waals surface area contributed by atoms with E-state index in [0.717, 1.165) is 0 Å².